The van der Waals surface area contributed by atoms with Gasteiger partial charge in [-0.1, -0.05) is 40.9 Å². The second-order valence-electron chi connectivity index (χ2n) is 9.16. The van der Waals surface area contributed by atoms with Crippen molar-refractivity contribution in [1.29, 1.82) is 0 Å². The lowest BCUT2D eigenvalue weighted by atomic mass is 9.97. The van der Waals surface area contributed by atoms with Crippen molar-refractivity contribution in [3.63, 3.8) is 0 Å². The summed E-state index contributed by atoms with van der Waals surface area (Å²) < 4.78 is 62.3. The maximum absolute atomic E-state index is 14.8. The monoisotopic (exact) mass is 546 g/mol. The molecule has 1 aromatic heterocycles. The SMILES string of the molecule is CCN(CC)C(=O)Oc1ccc2c(ccn2Cc2cc(C(F)(F)F)cc(Cl)c2F)c1-c1cc(C)cc(C)c1. The Kier molecular flexibility index (Phi) is 7.74. The van der Waals surface area contributed by atoms with E-state index in [0.29, 0.717) is 41.4 Å². The Morgan fingerprint density at radius 1 is 1.00 bits per heavy atom. The molecule has 0 bridgehead atoms. The molecule has 4 nitrogen and oxygen atoms in total. The fourth-order valence-electron chi connectivity index (χ4n) is 4.64. The minimum atomic E-state index is -4.66. The molecule has 0 unspecified atom stereocenters. The van der Waals surface area contributed by atoms with Crippen LogP contribution >= 0.6 is 11.6 Å². The molecule has 0 fully saturated rings. The molecule has 0 aliphatic heterocycles. The Morgan fingerprint density at radius 3 is 2.26 bits per heavy atom. The van der Waals surface area contributed by atoms with E-state index in [1.165, 1.54) is 0 Å². The minimum Gasteiger partial charge on any atom is -0.410 e. The fraction of sp³-hybridized carbons (Fsp3) is 0.276. The fourth-order valence-corrected chi connectivity index (χ4v) is 4.88. The van der Waals surface area contributed by atoms with Gasteiger partial charge >= 0.3 is 12.3 Å². The molecular weight excluding hydrogens is 520 g/mol. The topological polar surface area (TPSA) is 34.5 Å². The number of rotatable bonds is 6. The van der Waals surface area contributed by atoms with E-state index < -0.39 is 28.7 Å². The highest BCUT2D eigenvalue weighted by Crippen LogP contribution is 2.40. The molecule has 1 amide bonds. The molecule has 9 heteroatoms. The van der Waals surface area contributed by atoms with Crippen LogP contribution < -0.4 is 4.74 Å². The van der Waals surface area contributed by atoms with Crippen LogP contribution in [0.2, 0.25) is 5.02 Å². The van der Waals surface area contributed by atoms with E-state index in [0.717, 1.165) is 22.8 Å². The van der Waals surface area contributed by atoms with Crippen molar-refractivity contribution < 1.29 is 27.1 Å². The summed E-state index contributed by atoms with van der Waals surface area (Å²) in [5, 5.41) is 0.117. The number of carbonyl (C=O) groups is 1. The lowest BCUT2D eigenvalue weighted by Gasteiger charge is -2.20. The van der Waals surface area contributed by atoms with Crippen LogP contribution in [0.25, 0.3) is 22.0 Å². The summed E-state index contributed by atoms with van der Waals surface area (Å²) >= 11 is 5.80. The maximum Gasteiger partial charge on any atom is 0.416 e. The highest BCUT2D eigenvalue weighted by molar-refractivity contribution is 6.30. The number of hydrogen-bond donors (Lipinski definition) is 0. The molecule has 0 N–H and O–H groups in total. The first-order valence-electron chi connectivity index (χ1n) is 12.1. The van der Waals surface area contributed by atoms with E-state index in [-0.39, 0.29) is 12.1 Å². The number of aryl methyl sites for hydroxylation is 2. The van der Waals surface area contributed by atoms with Gasteiger partial charge in [0.25, 0.3) is 0 Å². The number of nitrogens with zero attached hydrogens (tertiary/aromatic N) is 2. The molecule has 0 spiro atoms. The lowest BCUT2D eigenvalue weighted by molar-refractivity contribution is -0.137. The summed E-state index contributed by atoms with van der Waals surface area (Å²) in [6.45, 7) is 8.43. The second-order valence-corrected chi connectivity index (χ2v) is 9.57. The van der Waals surface area contributed by atoms with Gasteiger partial charge in [-0.05, 0) is 63.6 Å². The molecule has 38 heavy (non-hydrogen) atoms. The molecule has 0 aliphatic carbocycles. The van der Waals surface area contributed by atoms with Gasteiger partial charge in [-0.25, -0.2) is 9.18 Å². The molecule has 0 atom stereocenters. The van der Waals surface area contributed by atoms with Crippen LogP contribution in [0, 0.1) is 19.7 Å². The number of carbonyl (C=O) groups excluding carboxylic acids is 1. The molecule has 1 heterocycles. The van der Waals surface area contributed by atoms with Crippen molar-refractivity contribution in [2.75, 3.05) is 13.1 Å². The molecule has 200 valence electrons. The maximum atomic E-state index is 14.8. The van der Waals surface area contributed by atoms with Crippen LogP contribution in [0.5, 0.6) is 5.75 Å². The Labute approximate surface area is 223 Å². The number of amides is 1. The van der Waals surface area contributed by atoms with Crippen LogP contribution in [0.1, 0.15) is 36.1 Å². The predicted molar refractivity (Wildman–Crippen MR) is 141 cm³/mol. The van der Waals surface area contributed by atoms with Crippen LogP contribution in [-0.4, -0.2) is 28.6 Å². The average Bonchev–Trinajstić information content (AvgIpc) is 3.23. The van der Waals surface area contributed by atoms with E-state index in [1.54, 1.807) is 33.9 Å². The summed E-state index contributed by atoms with van der Waals surface area (Å²) in [7, 11) is 0. The highest BCUT2D eigenvalue weighted by Gasteiger charge is 2.32. The number of alkyl halides is 3. The minimum absolute atomic E-state index is 0.177. The van der Waals surface area contributed by atoms with Crippen molar-refractivity contribution in [1.82, 2.24) is 9.47 Å². The van der Waals surface area contributed by atoms with Gasteiger partial charge in [-0.2, -0.15) is 13.2 Å². The molecule has 0 saturated heterocycles. The first-order chi connectivity index (χ1) is 17.9. The Hall–Kier alpha value is -3.52. The lowest BCUT2D eigenvalue weighted by Crippen LogP contribution is -2.33. The van der Waals surface area contributed by atoms with Crippen molar-refractivity contribution in [2.24, 2.45) is 0 Å². The van der Waals surface area contributed by atoms with E-state index in [2.05, 4.69) is 0 Å². The third kappa shape index (κ3) is 5.50. The number of ether oxygens (including phenoxy) is 1. The molecule has 4 aromatic rings. The zero-order valence-electron chi connectivity index (χ0n) is 21.4. The summed E-state index contributed by atoms with van der Waals surface area (Å²) in [5.74, 6) is -0.550. The number of benzene rings is 3. The van der Waals surface area contributed by atoms with Gasteiger partial charge < -0.3 is 14.2 Å². The van der Waals surface area contributed by atoms with E-state index >= 15 is 0 Å². The Bertz CT molecular complexity index is 1490. The van der Waals surface area contributed by atoms with Gasteiger partial charge in [0, 0.05) is 41.3 Å². The van der Waals surface area contributed by atoms with E-state index in [4.69, 9.17) is 16.3 Å². The molecule has 4 rings (SSSR count). The van der Waals surface area contributed by atoms with E-state index in [9.17, 15) is 22.4 Å². The smallest absolute Gasteiger partial charge is 0.410 e. The zero-order chi connectivity index (χ0) is 27.8. The Balaban J connectivity index is 1.86. The van der Waals surface area contributed by atoms with Gasteiger partial charge in [-0.3, -0.25) is 0 Å². The summed E-state index contributed by atoms with van der Waals surface area (Å²) in [6.07, 6.45) is -3.48. The molecule has 0 radical (unpaired) electrons. The first kappa shape index (κ1) is 27.5. The standard InChI is InChI=1S/C29H27ClF4N2O2/c1-5-35(6-2)28(37)38-25-8-7-24-22(26(25)19-12-17(3)11-18(4)13-19)9-10-36(24)16-20-14-21(29(32,33)34)15-23(30)27(20)31/h7-15H,5-6,16H2,1-4H3. The average molecular weight is 547 g/mol. The van der Waals surface area contributed by atoms with Crippen LogP contribution in [0.4, 0.5) is 22.4 Å². The largest absolute Gasteiger partial charge is 0.416 e. The molecule has 0 aliphatic rings. The van der Waals surface area contributed by atoms with Crippen molar-refractivity contribution in [3.8, 4) is 16.9 Å². The van der Waals surface area contributed by atoms with Crippen molar-refractivity contribution in [3.05, 3.63) is 87.8 Å². The van der Waals surface area contributed by atoms with Crippen LogP contribution in [-0.2, 0) is 12.7 Å². The third-order valence-corrected chi connectivity index (χ3v) is 6.69. The van der Waals surface area contributed by atoms with Crippen molar-refractivity contribution >= 4 is 28.6 Å². The van der Waals surface area contributed by atoms with Crippen LogP contribution in [0.15, 0.2) is 54.7 Å². The van der Waals surface area contributed by atoms with Gasteiger partial charge in [0.2, 0.25) is 0 Å². The number of hydrogen-bond acceptors (Lipinski definition) is 2. The van der Waals surface area contributed by atoms with Crippen molar-refractivity contribution in [2.45, 2.75) is 40.4 Å². The second kappa shape index (κ2) is 10.7. The number of aromatic nitrogens is 1. The summed E-state index contributed by atoms with van der Waals surface area (Å²) in [6, 6.07) is 12.5. The Morgan fingerprint density at radius 2 is 1.66 bits per heavy atom. The summed E-state index contributed by atoms with van der Waals surface area (Å²) in [4.78, 5) is 14.4. The molecule has 3 aromatic carbocycles. The van der Waals surface area contributed by atoms with Gasteiger partial charge in [-0.15, -0.1) is 0 Å². The first-order valence-corrected chi connectivity index (χ1v) is 12.5. The van der Waals surface area contributed by atoms with E-state index in [1.807, 2.05) is 45.9 Å². The predicted octanol–water partition coefficient (Wildman–Crippen LogP) is 8.63. The van der Waals surface area contributed by atoms with Crippen LogP contribution in [0.3, 0.4) is 0 Å². The van der Waals surface area contributed by atoms with Gasteiger partial charge in [0.15, 0.2) is 0 Å². The highest BCUT2D eigenvalue weighted by atomic mass is 35.5. The third-order valence-electron chi connectivity index (χ3n) is 6.42. The quantitative estimate of drug-likeness (QED) is 0.227. The van der Waals surface area contributed by atoms with Gasteiger partial charge in [0.05, 0.1) is 17.1 Å². The van der Waals surface area contributed by atoms with Gasteiger partial charge in [0.1, 0.15) is 11.6 Å². The normalized spacial score (nSPS) is 11.7. The number of halogens is 5. The zero-order valence-corrected chi connectivity index (χ0v) is 22.2. The summed E-state index contributed by atoms with van der Waals surface area (Å²) in [5.41, 5.74) is 2.94. The molecule has 0 saturated carbocycles. The molecular formula is C29H27ClF4N2O2. The number of fused-ring (bicyclic) bond motifs is 1.